The van der Waals surface area contributed by atoms with Crippen molar-refractivity contribution in [1.29, 1.82) is 0 Å². The van der Waals surface area contributed by atoms with Crippen LogP contribution in [0, 0.1) is 20.8 Å². The number of aromatic nitrogens is 2. The lowest BCUT2D eigenvalue weighted by Crippen LogP contribution is -2.06. The molecule has 0 unspecified atom stereocenters. The fraction of sp³-hybridized carbons (Fsp3) is 0.267. The van der Waals surface area contributed by atoms with Gasteiger partial charge in [-0.15, -0.1) is 11.3 Å². The molecule has 0 saturated carbocycles. The van der Waals surface area contributed by atoms with Crippen LogP contribution in [0.4, 0.5) is 5.69 Å². The molecule has 1 N–H and O–H groups in total. The Morgan fingerprint density at radius 1 is 1.19 bits per heavy atom. The minimum absolute atomic E-state index is 0.741. The first-order valence-corrected chi connectivity index (χ1v) is 9.05. The van der Waals surface area contributed by atoms with Crippen LogP contribution in [0.5, 0.6) is 0 Å². The molecule has 3 aromatic rings. The molecule has 2 aromatic heterocycles. The Bertz CT molecular complexity index is 797. The third-order valence-corrected chi connectivity index (χ3v) is 5.64. The van der Waals surface area contributed by atoms with Crippen molar-refractivity contribution in [2.24, 2.45) is 0 Å². The summed E-state index contributed by atoms with van der Waals surface area (Å²) >= 11 is 8.93. The number of halogens is 2. The topological polar surface area (TPSA) is 29.3 Å². The monoisotopic (exact) mass is 427 g/mol. The van der Waals surface area contributed by atoms with E-state index in [1.54, 1.807) is 11.3 Å². The number of benzene rings is 1. The highest BCUT2D eigenvalue weighted by Crippen LogP contribution is 2.33. The number of imidazole rings is 1. The quantitative estimate of drug-likeness (QED) is 0.600. The van der Waals surface area contributed by atoms with Crippen molar-refractivity contribution >= 4 is 53.8 Å². The Morgan fingerprint density at radius 3 is 2.52 bits per heavy atom. The van der Waals surface area contributed by atoms with Crippen LogP contribution in [-0.4, -0.2) is 9.38 Å². The van der Waals surface area contributed by atoms with Crippen molar-refractivity contribution in [2.45, 2.75) is 27.3 Å². The predicted octanol–water partition coefficient (Wildman–Crippen LogP) is 5.46. The summed E-state index contributed by atoms with van der Waals surface area (Å²) in [7, 11) is 0. The highest BCUT2D eigenvalue weighted by molar-refractivity contribution is 9.11. The fourth-order valence-electron chi connectivity index (χ4n) is 2.42. The molecule has 3 rings (SSSR count). The lowest BCUT2D eigenvalue weighted by Gasteiger charge is -2.12. The first-order valence-electron chi connectivity index (χ1n) is 6.59. The maximum absolute atomic E-state index is 4.62. The summed E-state index contributed by atoms with van der Waals surface area (Å²) in [6, 6.07) is 4.23. The molecule has 0 fully saturated rings. The lowest BCUT2D eigenvalue weighted by atomic mass is 10.2. The smallest absolute Gasteiger partial charge is 0.194 e. The third kappa shape index (κ3) is 2.76. The molecule has 2 heterocycles. The van der Waals surface area contributed by atoms with E-state index in [9.17, 15) is 0 Å². The Hall–Kier alpha value is -0.850. The molecule has 0 spiro atoms. The van der Waals surface area contributed by atoms with E-state index < -0.39 is 0 Å². The van der Waals surface area contributed by atoms with Crippen LogP contribution in [0.1, 0.15) is 22.6 Å². The number of nitrogens with zero attached hydrogens (tertiary/aromatic N) is 2. The molecule has 0 saturated heterocycles. The molecule has 0 bridgehead atoms. The number of fused-ring (bicyclic) bond motifs is 1. The Labute approximate surface area is 144 Å². The van der Waals surface area contributed by atoms with Crippen molar-refractivity contribution in [2.75, 3.05) is 5.32 Å². The van der Waals surface area contributed by atoms with E-state index in [-0.39, 0.29) is 0 Å². The lowest BCUT2D eigenvalue weighted by molar-refractivity contribution is 0.964. The summed E-state index contributed by atoms with van der Waals surface area (Å²) in [5.41, 5.74) is 5.81. The molecule has 0 atom stereocenters. The molecule has 110 valence electrons. The molecule has 0 aliphatic heterocycles. The van der Waals surface area contributed by atoms with Gasteiger partial charge >= 0.3 is 0 Å². The Balaban J connectivity index is 1.94. The second kappa shape index (κ2) is 5.74. The van der Waals surface area contributed by atoms with Crippen LogP contribution < -0.4 is 5.32 Å². The minimum atomic E-state index is 0.741. The molecule has 0 aliphatic carbocycles. The molecule has 0 radical (unpaired) electrons. The van der Waals surface area contributed by atoms with E-state index in [0.717, 1.165) is 31.8 Å². The summed E-state index contributed by atoms with van der Waals surface area (Å²) in [6.07, 6.45) is 0. The fourth-order valence-corrected chi connectivity index (χ4v) is 5.04. The summed E-state index contributed by atoms with van der Waals surface area (Å²) < 4.78 is 4.35. The van der Waals surface area contributed by atoms with Crippen LogP contribution in [0.25, 0.3) is 4.96 Å². The zero-order valence-electron chi connectivity index (χ0n) is 12.0. The largest absolute Gasteiger partial charge is 0.378 e. The van der Waals surface area contributed by atoms with Crippen LogP contribution in [0.3, 0.4) is 0 Å². The number of aryl methyl sites for hydroxylation is 3. The van der Waals surface area contributed by atoms with Crippen molar-refractivity contribution < 1.29 is 0 Å². The van der Waals surface area contributed by atoms with Crippen molar-refractivity contribution in [3.05, 3.63) is 49.1 Å². The van der Waals surface area contributed by atoms with E-state index in [4.69, 9.17) is 0 Å². The Kier molecular flexibility index (Phi) is 4.12. The number of anilines is 1. The molecule has 1 aromatic carbocycles. The zero-order valence-corrected chi connectivity index (χ0v) is 16.0. The van der Waals surface area contributed by atoms with Gasteiger partial charge in [0, 0.05) is 20.0 Å². The van der Waals surface area contributed by atoms with Gasteiger partial charge in [0.1, 0.15) is 0 Å². The molecular formula is C15H15Br2N3S. The van der Waals surface area contributed by atoms with Crippen molar-refractivity contribution in [3.8, 4) is 0 Å². The van der Waals surface area contributed by atoms with Gasteiger partial charge in [-0.3, -0.25) is 4.40 Å². The average Bonchev–Trinajstić information content (AvgIpc) is 2.89. The van der Waals surface area contributed by atoms with Gasteiger partial charge in [-0.2, -0.15) is 0 Å². The van der Waals surface area contributed by atoms with Crippen molar-refractivity contribution in [3.63, 3.8) is 0 Å². The van der Waals surface area contributed by atoms with E-state index in [1.165, 1.54) is 17.0 Å². The first kappa shape index (κ1) is 15.1. The van der Waals surface area contributed by atoms with Crippen LogP contribution in [0.15, 0.2) is 26.5 Å². The van der Waals surface area contributed by atoms with Gasteiger partial charge in [-0.1, -0.05) is 0 Å². The van der Waals surface area contributed by atoms with Gasteiger partial charge < -0.3 is 5.32 Å². The van der Waals surface area contributed by atoms with Crippen LogP contribution >= 0.6 is 43.2 Å². The van der Waals surface area contributed by atoms with Gasteiger partial charge in [0.25, 0.3) is 0 Å². The highest BCUT2D eigenvalue weighted by atomic mass is 79.9. The number of rotatable bonds is 3. The van der Waals surface area contributed by atoms with Crippen LogP contribution in [-0.2, 0) is 6.54 Å². The molecular weight excluding hydrogens is 414 g/mol. The van der Waals surface area contributed by atoms with Crippen LogP contribution in [0.2, 0.25) is 0 Å². The van der Waals surface area contributed by atoms with Gasteiger partial charge in [0.05, 0.1) is 23.6 Å². The minimum Gasteiger partial charge on any atom is -0.378 e. The second-order valence-corrected chi connectivity index (χ2v) is 7.64. The van der Waals surface area contributed by atoms with Crippen molar-refractivity contribution in [1.82, 2.24) is 9.38 Å². The third-order valence-electron chi connectivity index (χ3n) is 3.45. The first-order chi connectivity index (χ1) is 9.97. The zero-order chi connectivity index (χ0) is 15.1. The maximum atomic E-state index is 4.62. The average molecular weight is 429 g/mol. The Morgan fingerprint density at radius 2 is 1.86 bits per heavy atom. The molecule has 3 nitrogen and oxygen atoms in total. The van der Waals surface area contributed by atoms with Gasteiger partial charge in [-0.05, 0) is 70.3 Å². The van der Waals surface area contributed by atoms with Gasteiger partial charge in [0.15, 0.2) is 4.96 Å². The number of hydrogen-bond donors (Lipinski definition) is 1. The molecule has 0 aliphatic rings. The van der Waals surface area contributed by atoms with Gasteiger partial charge in [0.2, 0.25) is 0 Å². The standard InChI is InChI=1S/C15H15Br2N3S/c1-8-4-11(16)14(12(17)5-8)18-6-13-10(3)19-15-20(13)9(2)7-21-15/h4-5,7,18H,6H2,1-3H3. The maximum Gasteiger partial charge on any atom is 0.194 e. The van der Waals surface area contributed by atoms with E-state index in [0.29, 0.717) is 0 Å². The summed E-state index contributed by atoms with van der Waals surface area (Å²) in [4.78, 5) is 5.68. The molecule has 6 heteroatoms. The number of hydrogen-bond acceptors (Lipinski definition) is 3. The summed E-state index contributed by atoms with van der Waals surface area (Å²) in [5.74, 6) is 0. The SMILES string of the molecule is Cc1cc(Br)c(NCc2c(C)nc3scc(C)n23)c(Br)c1. The second-order valence-electron chi connectivity index (χ2n) is 5.10. The number of thiazole rings is 1. The normalized spacial score (nSPS) is 11.3. The molecule has 21 heavy (non-hydrogen) atoms. The number of nitrogens with one attached hydrogen (secondary N) is 1. The van der Waals surface area contributed by atoms with Gasteiger partial charge in [-0.25, -0.2) is 4.98 Å². The summed E-state index contributed by atoms with van der Waals surface area (Å²) in [5, 5.41) is 5.65. The van der Waals surface area contributed by atoms with E-state index in [1.807, 2.05) is 0 Å². The van der Waals surface area contributed by atoms with E-state index >= 15 is 0 Å². The summed E-state index contributed by atoms with van der Waals surface area (Å²) in [6.45, 7) is 7.00. The predicted molar refractivity (Wildman–Crippen MR) is 96.4 cm³/mol. The van der Waals surface area contributed by atoms with E-state index in [2.05, 4.69) is 84.8 Å². The highest BCUT2D eigenvalue weighted by Gasteiger charge is 2.13. The molecule has 0 amide bonds.